The molecule has 0 radical (unpaired) electrons. The van der Waals surface area contributed by atoms with Gasteiger partial charge in [0.25, 0.3) is 6.01 Å². The van der Waals surface area contributed by atoms with Crippen LogP contribution in [0.5, 0.6) is 0 Å². The van der Waals surface area contributed by atoms with Gasteiger partial charge in [0.1, 0.15) is 5.52 Å². The van der Waals surface area contributed by atoms with Crippen LogP contribution in [0.1, 0.15) is 76.7 Å². The number of oxazole rings is 1. The Morgan fingerprint density at radius 2 is 1.92 bits per heavy atom. The van der Waals surface area contributed by atoms with Crippen molar-refractivity contribution in [3.05, 3.63) is 23.8 Å². The normalized spacial score (nSPS) is 17.7. The maximum absolute atomic E-state index is 5.87. The van der Waals surface area contributed by atoms with Gasteiger partial charge in [-0.2, -0.15) is 4.98 Å². The Labute approximate surface area is 158 Å². The van der Waals surface area contributed by atoms with Crippen LogP contribution < -0.4 is 10.6 Å². The smallest absolute Gasteiger partial charge is 0.295 e. The number of rotatable bonds is 11. The first kappa shape index (κ1) is 19.2. The van der Waals surface area contributed by atoms with Crippen LogP contribution in [0.2, 0.25) is 0 Å². The van der Waals surface area contributed by atoms with Gasteiger partial charge < -0.3 is 15.1 Å². The predicted octanol–water partition coefficient (Wildman–Crippen LogP) is 5.67. The summed E-state index contributed by atoms with van der Waals surface area (Å²) in [5, 5.41) is 6.84. The van der Waals surface area contributed by atoms with E-state index in [4.69, 9.17) is 4.42 Å². The van der Waals surface area contributed by atoms with E-state index in [9.17, 15) is 0 Å². The Morgan fingerprint density at radius 3 is 2.69 bits per heavy atom. The van der Waals surface area contributed by atoms with E-state index >= 15 is 0 Å². The van der Waals surface area contributed by atoms with Crippen molar-refractivity contribution in [2.75, 3.05) is 18.4 Å². The van der Waals surface area contributed by atoms with E-state index in [2.05, 4.69) is 40.7 Å². The summed E-state index contributed by atoms with van der Waals surface area (Å²) in [7, 11) is 0. The van der Waals surface area contributed by atoms with Gasteiger partial charge in [0.05, 0.1) is 0 Å². The van der Waals surface area contributed by atoms with Crippen LogP contribution in [0.3, 0.4) is 0 Å². The molecule has 1 aromatic heterocycles. The van der Waals surface area contributed by atoms with E-state index in [1.54, 1.807) is 0 Å². The largest absolute Gasteiger partial charge is 0.424 e. The Bertz CT molecular complexity index is 646. The average Bonchev–Trinajstić information content (AvgIpc) is 3.06. The highest BCUT2D eigenvalue weighted by atomic mass is 16.4. The lowest BCUT2D eigenvalue weighted by molar-refractivity contribution is 0.467. The molecule has 2 aromatic rings. The quantitative estimate of drug-likeness (QED) is 0.508. The number of piperidine rings is 1. The third kappa shape index (κ3) is 6.01. The number of hydrogen-bond donors (Lipinski definition) is 2. The van der Waals surface area contributed by atoms with Gasteiger partial charge in [0, 0.05) is 12.6 Å². The van der Waals surface area contributed by atoms with Crippen LogP contribution in [0.4, 0.5) is 6.01 Å². The molecule has 0 aliphatic carbocycles. The Morgan fingerprint density at radius 1 is 1.12 bits per heavy atom. The summed E-state index contributed by atoms with van der Waals surface area (Å²) < 4.78 is 5.87. The fourth-order valence-electron chi connectivity index (χ4n) is 3.80. The minimum atomic E-state index is 0.425. The van der Waals surface area contributed by atoms with Crippen LogP contribution in [0, 0.1) is 0 Å². The molecular formula is C22H35N3O. The first-order chi connectivity index (χ1) is 12.8. The topological polar surface area (TPSA) is 50.1 Å². The van der Waals surface area contributed by atoms with Gasteiger partial charge in [-0.1, -0.05) is 57.9 Å². The number of anilines is 1. The maximum atomic E-state index is 5.87. The summed E-state index contributed by atoms with van der Waals surface area (Å²) in [5.74, 6) is 0. The first-order valence-corrected chi connectivity index (χ1v) is 10.7. The molecule has 1 aliphatic heterocycles. The second-order valence-corrected chi connectivity index (χ2v) is 7.73. The van der Waals surface area contributed by atoms with Gasteiger partial charge in [-0.15, -0.1) is 0 Å². The van der Waals surface area contributed by atoms with Crippen molar-refractivity contribution < 1.29 is 4.42 Å². The zero-order chi connectivity index (χ0) is 18.0. The van der Waals surface area contributed by atoms with Crippen molar-refractivity contribution in [2.24, 2.45) is 0 Å². The van der Waals surface area contributed by atoms with Gasteiger partial charge in [-0.05, 0) is 49.9 Å². The molecule has 0 unspecified atom stereocenters. The van der Waals surface area contributed by atoms with E-state index in [-0.39, 0.29) is 0 Å². The van der Waals surface area contributed by atoms with Crippen LogP contribution in [-0.4, -0.2) is 24.1 Å². The van der Waals surface area contributed by atoms with Gasteiger partial charge in [-0.25, -0.2) is 0 Å². The highest BCUT2D eigenvalue weighted by Crippen LogP contribution is 2.22. The van der Waals surface area contributed by atoms with Crippen molar-refractivity contribution in [3.63, 3.8) is 0 Å². The molecule has 4 nitrogen and oxygen atoms in total. The van der Waals surface area contributed by atoms with E-state index < -0.39 is 0 Å². The number of benzene rings is 1. The third-order valence-electron chi connectivity index (χ3n) is 5.40. The highest BCUT2D eigenvalue weighted by molar-refractivity contribution is 5.75. The summed E-state index contributed by atoms with van der Waals surface area (Å²) in [6.45, 7) is 4.38. The summed E-state index contributed by atoms with van der Waals surface area (Å²) >= 11 is 0. The highest BCUT2D eigenvalue weighted by Gasteiger charge is 2.15. The van der Waals surface area contributed by atoms with Crippen molar-refractivity contribution in [2.45, 2.75) is 83.6 Å². The number of nitrogens with one attached hydrogen (secondary N) is 2. The van der Waals surface area contributed by atoms with Crippen molar-refractivity contribution in [1.29, 1.82) is 0 Å². The molecule has 26 heavy (non-hydrogen) atoms. The standard InChI is InChI=1S/C22H35N3O/c1-2-3-4-5-6-7-8-9-11-18-13-14-21-20(16-18)25-22(26-21)24-19-12-10-15-23-17-19/h13-14,16,19,23H,2-12,15,17H2,1H3,(H,24,25)/t19-/m1/s1. The Hall–Kier alpha value is -1.55. The lowest BCUT2D eigenvalue weighted by Crippen LogP contribution is -2.38. The first-order valence-electron chi connectivity index (χ1n) is 10.7. The summed E-state index contributed by atoms with van der Waals surface area (Å²) in [5.41, 5.74) is 3.24. The van der Waals surface area contributed by atoms with Crippen LogP contribution >= 0.6 is 0 Å². The predicted molar refractivity (Wildman–Crippen MR) is 110 cm³/mol. The summed E-state index contributed by atoms with van der Waals surface area (Å²) in [6, 6.07) is 7.56. The second-order valence-electron chi connectivity index (χ2n) is 7.73. The molecule has 1 atom stereocenters. The number of unbranched alkanes of at least 4 members (excludes halogenated alkanes) is 7. The number of fused-ring (bicyclic) bond motifs is 1. The Kier molecular flexibility index (Phi) is 7.81. The minimum Gasteiger partial charge on any atom is -0.424 e. The molecule has 0 spiro atoms. The number of aryl methyl sites for hydroxylation is 1. The van der Waals surface area contributed by atoms with E-state index in [1.807, 2.05) is 0 Å². The molecule has 1 aliphatic rings. The van der Waals surface area contributed by atoms with Gasteiger partial charge in [0.2, 0.25) is 0 Å². The molecule has 0 bridgehead atoms. The summed E-state index contributed by atoms with van der Waals surface area (Å²) in [4.78, 5) is 4.65. The number of hydrogen-bond acceptors (Lipinski definition) is 4. The minimum absolute atomic E-state index is 0.425. The van der Waals surface area contributed by atoms with Crippen molar-refractivity contribution in [1.82, 2.24) is 10.3 Å². The molecule has 0 saturated carbocycles. The van der Waals surface area contributed by atoms with E-state index in [1.165, 1.54) is 69.8 Å². The lowest BCUT2D eigenvalue weighted by atomic mass is 10.0. The molecule has 3 rings (SSSR count). The van der Waals surface area contributed by atoms with Crippen LogP contribution in [0.15, 0.2) is 22.6 Å². The molecule has 1 fully saturated rings. The molecule has 144 valence electrons. The zero-order valence-corrected chi connectivity index (χ0v) is 16.4. The molecule has 2 heterocycles. The molecule has 1 aromatic carbocycles. The second kappa shape index (κ2) is 10.6. The average molecular weight is 358 g/mol. The van der Waals surface area contributed by atoms with Crippen molar-refractivity contribution >= 4 is 17.1 Å². The summed E-state index contributed by atoms with van der Waals surface area (Å²) in [6.07, 6.45) is 14.5. The van der Waals surface area contributed by atoms with Gasteiger partial charge in [-0.3, -0.25) is 0 Å². The molecule has 2 N–H and O–H groups in total. The number of aromatic nitrogens is 1. The monoisotopic (exact) mass is 357 g/mol. The molecule has 1 saturated heterocycles. The fourth-order valence-corrected chi connectivity index (χ4v) is 3.80. The molecule has 0 amide bonds. The maximum Gasteiger partial charge on any atom is 0.295 e. The molecular weight excluding hydrogens is 322 g/mol. The zero-order valence-electron chi connectivity index (χ0n) is 16.4. The van der Waals surface area contributed by atoms with E-state index in [0.29, 0.717) is 12.1 Å². The Balaban J connectivity index is 1.42. The number of nitrogens with zero attached hydrogens (tertiary/aromatic N) is 1. The SMILES string of the molecule is CCCCCCCCCCc1ccc2oc(N[C@@H]3CCCNC3)nc2c1. The van der Waals surface area contributed by atoms with Crippen molar-refractivity contribution in [3.8, 4) is 0 Å². The van der Waals surface area contributed by atoms with Crippen LogP contribution in [-0.2, 0) is 6.42 Å². The lowest BCUT2D eigenvalue weighted by Gasteiger charge is -2.22. The molecule has 4 heteroatoms. The van der Waals surface area contributed by atoms with E-state index in [0.717, 1.165) is 30.6 Å². The van der Waals surface area contributed by atoms with Gasteiger partial charge in [0.15, 0.2) is 5.58 Å². The fraction of sp³-hybridized carbons (Fsp3) is 0.682. The van der Waals surface area contributed by atoms with Gasteiger partial charge >= 0.3 is 0 Å². The third-order valence-corrected chi connectivity index (χ3v) is 5.40. The van der Waals surface area contributed by atoms with Crippen LogP contribution in [0.25, 0.3) is 11.1 Å².